The summed E-state index contributed by atoms with van der Waals surface area (Å²) in [6, 6.07) is 6.92. The summed E-state index contributed by atoms with van der Waals surface area (Å²) in [5.74, 6) is 0.948. The molecule has 1 saturated carbocycles. The largest absolute Gasteiger partial charge is 0.496 e. The van der Waals surface area contributed by atoms with Crippen LogP contribution in [0.5, 0.6) is 5.75 Å². The van der Waals surface area contributed by atoms with Gasteiger partial charge in [-0.15, -0.1) is 0 Å². The van der Waals surface area contributed by atoms with Crippen LogP contribution in [-0.4, -0.2) is 38.5 Å². The average Bonchev–Trinajstić information content (AvgIpc) is 2.54. The van der Waals surface area contributed by atoms with Crippen molar-refractivity contribution in [3.63, 3.8) is 0 Å². The third kappa shape index (κ3) is 5.54. The van der Waals surface area contributed by atoms with Gasteiger partial charge in [0, 0.05) is 49.1 Å². The van der Waals surface area contributed by atoms with E-state index in [2.05, 4.69) is 21.8 Å². The molecule has 4 nitrogen and oxygen atoms in total. The van der Waals surface area contributed by atoms with E-state index < -0.39 is 0 Å². The van der Waals surface area contributed by atoms with Crippen LogP contribution in [0.2, 0.25) is 0 Å². The van der Waals surface area contributed by atoms with Crippen LogP contribution in [0.1, 0.15) is 37.7 Å². The van der Waals surface area contributed by atoms with Gasteiger partial charge in [-0.25, -0.2) is 4.40 Å². The Labute approximate surface area is 138 Å². The Hall–Kier alpha value is -1.20. The summed E-state index contributed by atoms with van der Waals surface area (Å²) >= 11 is 1.49. The maximum absolute atomic E-state index is 5.49. The molecule has 0 heterocycles. The van der Waals surface area contributed by atoms with E-state index in [0.717, 1.165) is 17.2 Å². The molecule has 1 aliphatic rings. The lowest BCUT2D eigenvalue weighted by atomic mass is 9.95. The van der Waals surface area contributed by atoms with E-state index in [-0.39, 0.29) is 0 Å². The molecule has 1 aliphatic carbocycles. The monoisotopic (exact) mass is 321 g/mol. The second kappa shape index (κ2) is 9.06. The molecule has 122 valence electrons. The van der Waals surface area contributed by atoms with Crippen molar-refractivity contribution in [3.05, 3.63) is 23.8 Å². The first-order valence-electron chi connectivity index (χ1n) is 7.96. The molecular formula is C17H27N3OS. The smallest absolute Gasteiger partial charge is 0.123 e. The van der Waals surface area contributed by atoms with Crippen molar-refractivity contribution in [1.82, 2.24) is 10.2 Å². The maximum Gasteiger partial charge on any atom is 0.123 e. The predicted octanol–water partition coefficient (Wildman–Crippen LogP) is 3.71. The Balaban J connectivity index is 1.97. The Morgan fingerprint density at radius 2 is 2.09 bits per heavy atom. The van der Waals surface area contributed by atoms with Crippen molar-refractivity contribution in [2.24, 2.45) is 4.40 Å². The normalized spacial score (nSPS) is 16.1. The topological polar surface area (TPSA) is 36.9 Å². The van der Waals surface area contributed by atoms with E-state index in [1.54, 1.807) is 7.11 Å². The lowest BCUT2D eigenvalue weighted by Gasteiger charge is -2.23. The predicted molar refractivity (Wildman–Crippen MR) is 94.7 cm³/mol. The van der Waals surface area contributed by atoms with Crippen LogP contribution in [0.25, 0.3) is 0 Å². The van der Waals surface area contributed by atoms with Crippen molar-refractivity contribution in [3.8, 4) is 5.75 Å². The summed E-state index contributed by atoms with van der Waals surface area (Å²) in [6.45, 7) is 0.861. The molecule has 0 spiro atoms. The van der Waals surface area contributed by atoms with Gasteiger partial charge in [0.15, 0.2) is 0 Å². The second-order valence-corrected chi connectivity index (χ2v) is 6.83. The number of rotatable bonds is 7. The highest BCUT2D eigenvalue weighted by molar-refractivity contribution is 7.98. The van der Waals surface area contributed by atoms with Crippen LogP contribution in [0.4, 0.5) is 0 Å². The van der Waals surface area contributed by atoms with Gasteiger partial charge in [0.1, 0.15) is 5.75 Å². The number of ether oxygens (including phenoxy) is 1. The van der Waals surface area contributed by atoms with Crippen LogP contribution < -0.4 is 10.1 Å². The summed E-state index contributed by atoms with van der Waals surface area (Å²) in [7, 11) is 5.67. The zero-order valence-electron chi connectivity index (χ0n) is 13.8. The highest BCUT2D eigenvalue weighted by Gasteiger charge is 2.13. The fourth-order valence-electron chi connectivity index (χ4n) is 2.69. The molecule has 0 radical (unpaired) electrons. The van der Waals surface area contributed by atoms with E-state index in [9.17, 15) is 0 Å². The van der Waals surface area contributed by atoms with Crippen molar-refractivity contribution in [2.75, 3.05) is 21.2 Å². The first-order valence-corrected chi connectivity index (χ1v) is 8.73. The lowest BCUT2D eigenvalue weighted by Crippen LogP contribution is -2.30. The van der Waals surface area contributed by atoms with Gasteiger partial charge in [-0.2, -0.15) is 0 Å². The summed E-state index contributed by atoms with van der Waals surface area (Å²) in [5, 5.41) is 3.68. The molecule has 0 amide bonds. The molecule has 0 aromatic heterocycles. The highest BCUT2D eigenvalue weighted by atomic mass is 32.2. The molecule has 5 heteroatoms. The summed E-state index contributed by atoms with van der Waals surface area (Å²) in [5.41, 5.74) is 1.21. The van der Waals surface area contributed by atoms with E-state index >= 15 is 0 Å². The molecule has 1 fully saturated rings. The maximum atomic E-state index is 5.49. The van der Waals surface area contributed by atoms with Gasteiger partial charge >= 0.3 is 0 Å². The van der Waals surface area contributed by atoms with E-state index in [1.165, 1.54) is 49.6 Å². The molecule has 0 unspecified atom stereocenters. The molecule has 1 aromatic carbocycles. The molecule has 0 aliphatic heterocycles. The van der Waals surface area contributed by atoms with E-state index in [4.69, 9.17) is 4.74 Å². The number of hydrogen-bond acceptors (Lipinski definition) is 4. The van der Waals surface area contributed by atoms with Gasteiger partial charge in [0.25, 0.3) is 0 Å². The third-order valence-corrected chi connectivity index (χ3v) is 4.54. The molecule has 0 bridgehead atoms. The van der Waals surface area contributed by atoms with Crippen LogP contribution in [-0.2, 0) is 6.54 Å². The average molecular weight is 321 g/mol. The lowest BCUT2D eigenvalue weighted by molar-refractivity contribution is 0.365. The standard InChI is InChI=1S/C17H27N3OS/c1-20(2)13-19-22-16-9-10-17(21-3)14(11-16)12-18-15-7-5-4-6-8-15/h9-11,13,15,18H,4-8,12H2,1-3H3/b19-13+. The fraction of sp³-hybridized carbons (Fsp3) is 0.588. The van der Waals surface area contributed by atoms with Gasteiger partial charge < -0.3 is 15.0 Å². The Morgan fingerprint density at radius 1 is 1.32 bits per heavy atom. The van der Waals surface area contributed by atoms with Crippen LogP contribution in [0.3, 0.4) is 0 Å². The van der Waals surface area contributed by atoms with Crippen molar-refractivity contribution >= 4 is 18.3 Å². The highest BCUT2D eigenvalue weighted by Crippen LogP contribution is 2.27. The van der Waals surface area contributed by atoms with Crippen LogP contribution in [0.15, 0.2) is 27.5 Å². The molecule has 2 rings (SSSR count). The van der Waals surface area contributed by atoms with Crippen molar-refractivity contribution in [1.29, 1.82) is 0 Å². The number of benzene rings is 1. The molecule has 1 aromatic rings. The van der Waals surface area contributed by atoms with Gasteiger partial charge in [-0.1, -0.05) is 19.3 Å². The Bertz CT molecular complexity index is 485. The minimum absolute atomic E-state index is 0.654. The van der Waals surface area contributed by atoms with E-state index in [0.29, 0.717) is 6.04 Å². The van der Waals surface area contributed by atoms with Gasteiger partial charge in [0.05, 0.1) is 13.4 Å². The molecule has 0 saturated heterocycles. The summed E-state index contributed by atoms with van der Waals surface area (Å²) in [4.78, 5) is 3.07. The third-order valence-electron chi connectivity index (χ3n) is 3.87. The molecule has 22 heavy (non-hydrogen) atoms. The molecular weight excluding hydrogens is 294 g/mol. The zero-order chi connectivity index (χ0) is 15.8. The number of hydrogen-bond donors (Lipinski definition) is 1. The van der Waals surface area contributed by atoms with Crippen LogP contribution in [0, 0.1) is 0 Å². The number of nitrogens with one attached hydrogen (secondary N) is 1. The first-order chi connectivity index (χ1) is 10.7. The number of nitrogens with zero attached hydrogens (tertiary/aromatic N) is 2. The summed E-state index contributed by atoms with van der Waals surface area (Å²) < 4.78 is 9.83. The Morgan fingerprint density at radius 3 is 2.77 bits per heavy atom. The molecule has 0 atom stereocenters. The number of methoxy groups -OCH3 is 1. The fourth-order valence-corrected chi connectivity index (χ4v) is 3.37. The van der Waals surface area contributed by atoms with Gasteiger partial charge in [0.2, 0.25) is 0 Å². The second-order valence-electron chi connectivity index (χ2n) is 5.97. The van der Waals surface area contributed by atoms with Crippen molar-refractivity contribution in [2.45, 2.75) is 49.6 Å². The Kier molecular flexibility index (Phi) is 7.06. The minimum atomic E-state index is 0.654. The molecule has 1 N–H and O–H groups in total. The summed E-state index contributed by atoms with van der Waals surface area (Å²) in [6.07, 6.45) is 8.49. The van der Waals surface area contributed by atoms with Crippen molar-refractivity contribution < 1.29 is 4.74 Å². The SMILES string of the molecule is COc1ccc(S/N=C/N(C)C)cc1CNC1CCCCC1. The minimum Gasteiger partial charge on any atom is -0.496 e. The quantitative estimate of drug-likeness (QED) is 0.472. The first kappa shape index (κ1) is 17.2. The zero-order valence-corrected chi connectivity index (χ0v) is 14.7. The van der Waals surface area contributed by atoms with E-state index in [1.807, 2.05) is 31.4 Å². The van der Waals surface area contributed by atoms with Gasteiger partial charge in [-0.05, 0) is 31.0 Å². The van der Waals surface area contributed by atoms with Gasteiger partial charge in [-0.3, -0.25) is 0 Å². The van der Waals surface area contributed by atoms with Crippen LogP contribution >= 0.6 is 11.9 Å².